The number of carbonyl (C=O) groups is 1. The molecule has 1 unspecified atom stereocenters. The lowest BCUT2D eigenvalue weighted by Gasteiger charge is -2.33. The van der Waals surface area contributed by atoms with Crippen molar-refractivity contribution < 1.29 is 14.3 Å². The Kier molecular flexibility index (Phi) is 5.95. The van der Waals surface area contributed by atoms with Gasteiger partial charge in [0.1, 0.15) is 6.10 Å². The molecule has 27 heavy (non-hydrogen) atoms. The van der Waals surface area contributed by atoms with Gasteiger partial charge in [0, 0.05) is 64.5 Å². The van der Waals surface area contributed by atoms with E-state index in [1.807, 2.05) is 22.7 Å². The van der Waals surface area contributed by atoms with Gasteiger partial charge in [-0.3, -0.25) is 9.58 Å². The first kappa shape index (κ1) is 18.7. The number of morpholine rings is 1. The molecule has 3 atom stereocenters. The van der Waals surface area contributed by atoms with E-state index >= 15 is 0 Å². The zero-order valence-corrected chi connectivity index (χ0v) is 16.2. The van der Waals surface area contributed by atoms with E-state index in [0.29, 0.717) is 12.6 Å². The summed E-state index contributed by atoms with van der Waals surface area (Å²) < 4.78 is 13.3. The maximum absolute atomic E-state index is 12.7. The molecule has 0 spiro atoms. The van der Waals surface area contributed by atoms with E-state index in [0.717, 1.165) is 71.0 Å². The normalized spacial score (nSPS) is 29.8. The minimum Gasteiger partial charge on any atom is -0.379 e. The van der Waals surface area contributed by atoms with Crippen LogP contribution in [0.4, 0.5) is 4.79 Å². The van der Waals surface area contributed by atoms with Gasteiger partial charge in [0.2, 0.25) is 0 Å². The molecule has 4 heterocycles. The Balaban J connectivity index is 1.29. The summed E-state index contributed by atoms with van der Waals surface area (Å²) in [6, 6.07) is 2.54. The Morgan fingerprint density at radius 3 is 2.89 bits per heavy atom. The number of likely N-dealkylation sites (tertiary alicyclic amines) is 1. The van der Waals surface area contributed by atoms with Crippen molar-refractivity contribution in [3.63, 3.8) is 0 Å². The van der Waals surface area contributed by atoms with Crippen LogP contribution < -0.4 is 5.32 Å². The minimum absolute atomic E-state index is 0.00577. The van der Waals surface area contributed by atoms with Crippen LogP contribution in [0, 0.1) is 5.92 Å². The van der Waals surface area contributed by atoms with Crippen LogP contribution in [-0.4, -0.2) is 84.2 Å². The molecule has 3 fully saturated rings. The van der Waals surface area contributed by atoms with E-state index in [4.69, 9.17) is 9.47 Å². The fourth-order valence-electron chi connectivity index (χ4n) is 4.54. The largest absolute Gasteiger partial charge is 0.379 e. The number of nitrogens with one attached hydrogen (secondary N) is 1. The van der Waals surface area contributed by atoms with Crippen LogP contribution in [0.2, 0.25) is 0 Å². The predicted molar refractivity (Wildman–Crippen MR) is 100 cm³/mol. The minimum atomic E-state index is 0.00577. The summed E-state index contributed by atoms with van der Waals surface area (Å²) in [6.07, 6.45) is 4.96. The maximum Gasteiger partial charge on any atom is 0.317 e. The number of hydrogen-bond acceptors (Lipinski definition) is 5. The number of aryl methyl sites for hydroxylation is 1. The third-order valence-corrected chi connectivity index (χ3v) is 6.12. The van der Waals surface area contributed by atoms with Gasteiger partial charge < -0.3 is 19.7 Å². The van der Waals surface area contributed by atoms with Gasteiger partial charge in [-0.2, -0.15) is 5.10 Å². The highest BCUT2D eigenvalue weighted by atomic mass is 16.5. The molecule has 0 bridgehead atoms. The quantitative estimate of drug-likeness (QED) is 0.848. The van der Waals surface area contributed by atoms with Crippen LogP contribution in [0.5, 0.6) is 0 Å². The second-order valence-corrected chi connectivity index (χ2v) is 7.80. The molecule has 8 heteroatoms. The number of ether oxygens (including phenoxy) is 2. The zero-order chi connectivity index (χ0) is 18.6. The Hall–Kier alpha value is -1.64. The van der Waals surface area contributed by atoms with E-state index < -0.39 is 0 Å². The van der Waals surface area contributed by atoms with Crippen LogP contribution in [0.1, 0.15) is 31.1 Å². The molecule has 0 aliphatic carbocycles. The van der Waals surface area contributed by atoms with Crippen molar-refractivity contribution in [1.29, 1.82) is 0 Å². The van der Waals surface area contributed by atoms with E-state index in [9.17, 15) is 4.79 Å². The van der Waals surface area contributed by atoms with E-state index in [2.05, 4.69) is 15.3 Å². The smallest absolute Gasteiger partial charge is 0.317 e. The van der Waals surface area contributed by atoms with Crippen LogP contribution >= 0.6 is 0 Å². The lowest BCUT2D eigenvalue weighted by Crippen LogP contribution is -2.47. The Bertz CT molecular complexity index is 631. The molecule has 2 amide bonds. The molecule has 3 saturated heterocycles. The molecule has 4 rings (SSSR count). The number of carbonyl (C=O) groups excluding carboxylic acids is 1. The van der Waals surface area contributed by atoms with Gasteiger partial charge in [-0.15, -0.1) is 0 Å². The monoisotopic (exact) mass is 377 g/mol. The first-order chi connectivity index (χ1) is 13.2. The first-order valence-electron chi connectivity index (χ1n) is 10.2. The number of urea groups is 1. The second kappa shape index (κ2) is 8.58. The Labute approximate surface area is 160 Å². The van der Waals surface area contributed by atoms with Crippen molar-refractivity contribution in [2.45, 2.75) is 31.4 Å². The average molecular weight is 377 g/mol. The second-order valence-electron chi connectivity index (χ2n) is 7.80. The lowest BCUT2D eigenvalue weighted by molar-refractivity contribution is -0.0316. The fraction of sp³-hybridized carbons (Fsp3) is 0.789. The van der Waals surface area contributed by atoms with Gasteiger partial charge >= 0.3 is 6.03 Å². The van der Waals surface area contributed by atoms with Gasteiger partial charge in [-0.25, -0.2) is 4.79 Å². The predicted octanol–water partition coefficient (Wildman–Crippen LogP) is 1.00. The number of amides is 2. The van der Waals surface area contributed by atoms with Crippen molar-refractivity contribution >= 4 is 6.03 Å². The molecule has 150 valence electrons. The Morgan fingerprint density at radius 1 is 1.26 bits per heavy atom. The van der Waals surface area contributed by atoms with Crippen molar-refractivity contribution in [3.8, 4) is 0 Å². The van der Waals surface area contributed by atoms with Gasteiger partial charge in [0.15, 0.2) is 0 Å². The zero-order valence-electron chi connectivity index (χ0n) is 16.2. The highest BCUT2D eigenvalue weighted by molar-refractivity contribution is 5.74. The van der Waals surface area contributed by atoms with Gasteiger partial charge in [-0.1, -0.05) is 0 Å². The summed E-state index contributed by atoms with van der Waals surface area (Å²) in [7, 11) is 1.94. The number of aromatic nitrogens is 2. The first-order valence-corrected chi connectivity index (χ1v) is 10.2. The topological polar surface area (TPSA) is 71.9 Å². The number of rotatable bonds is 4. The molecular formula is C19H31N5O3. The fourth-order valence-corrected chi connectivity index (χ4v) is 4.54. The van der Waals surface area contributed by atoms with Crippen molar-refractivity contribution in [1.82, 2.24) is 24.9 Å². The molecule has 0 radical (unpaired) electrons. The average Bonchev–Trinajstić information content (AvgIpc) is 3.36. The van der Waals surface area contributed by atoms with Crippen molar-refractivity contribution in [3.05, 3.63) is 18.0 Å². The maximum atomic E-state index is 12.7. The molecule has 3 aliphatic rings. The Morgan fingerprint density at radius 2 is 2.11 bits per heavy atom. The van der Waals surface area contributed by atoms with Crippen molar-refractivity contribution in [2.24, 2.45) is 13.0 Å². The molecule has 8 nitrogen and oxygen atoms in total. The van der Waals surface area contributed by atoms with Crippen LogP contribution in [0.15, 0.2) is 12.3 Å². The highest BCUT2D eigenvalue weighted by Gasteiger charge is 2.33. The van der Waals surface area contributed by atoms with Gasteiger partial charge in [-0.05, 0) is 25.3 Å². The molecule has 3 aliphatic heterocycles. The van der Waals surface area contributed by atoms with Gasteiger partial charge in [0.25, 0.3) is 0 Å². The summed E-state index contributed by atoms with van der Waals surface area (Å²) in [6.45, 7) is 6.64. The summed E-state index contributed by atoms with van der Waals surface area (Å²) in [5, 5.41) is 7.43. The van der Waals surface area contributed by atoms with E-state index in [-0.39, 0.29) is 18.1 Å². The van der Waals surface area contributed by atoms with Crippen LogP contribution in [-0.2, 0) is 16.5 Å². The molecule has 1 aromatic heterocycles. The standard InChI is InChI=1S/C19H31N5O3/c1-22-17(4-6-21-22)18-15(3-2-10-27-18)13-20-19(25)24-7-5-16(14-24)23-8-11-26-12-9-23/h4,6,15-16,18H,2-3,5,7-14H2,1H3,(H,20,25)/t15-,16?,18+/m0/s1. The summed E-state index contributed by atoms with van der Waals surface area (Å²) in [4.78, 5) is 17.1. The molecule has 1 aromatic rings. The summed E-state index contributed by atoms with van der Waals surface area (Å²) in [5.74, 6) is 0.288. The number of hydrogen-bond donors (Lipinski definition) is 1. The van der Waals surface area contributed by atoms with E-state index in [1.54, 1.807) is 6.20 Å². The molecule has 0 saturated carbocycles. The SMILES string of the molecule is Cn1nccc1[C@@H]1OCCC[C@H]1CNC(=O)N1CCC(N2CCOCC2)C1. The third kappa shape index (κ3) is 4.28. The highest BCUT2D eigenvalue weighted by Crippen LogP contribution is 2.32. The third-order valence-electron chi connectivity index (χ3n) is 6.12. The van der Waals surface area contributed by atoms with Crippen LogP contribution in [0.3, 0.4) is 0 Å². The van der Waals surface area contributed by atoms with E-state index in [1.165, 1.54) is 0 Å². The lowest BCUT2D eigenvalue weighted by atomic mass is 9.92. The summed E-state index contributed by atoms with van der Waals surface area (Å²) >= 11 is 0. The van der Waals surface area contributed by atoms with Gasteiger partial charge in [0.05, 0.1) is 18.9 Å². The molecule has 1 N–H and O–H groups in total. The summed E-state index contributed by atoms with van der Waals surface area (Å²) in [5.41, 5.74) is 1.09. The molecular weight excluding hydrogens is 346 g/mol. The van der Waals surface area contributed by atoms with Crippen LogP contribution in [0.25, 0.3) is 0 Å². The number of nitrogens with zero attached hydrogens (tertiary/aromatic N) is 4. The van der Waals surface area contributed by atoms with Crippen molar-refractivity contribution in [2.75, 3.05) is 52.5 Å². The molecule has 0 aromatic carbocycles.